The fraction of sp³-hybridized carbons (Fsp3) is 0.565. The molecule has 6 nitrogen and oxygen atoms in total. The van der Waals surface area contributed by atoms with E-state index in [4.69, 9.17) is 9.72 Å². The van der Waals surface area contributed by atoms with Crippen molar-refractivity contribution in [1.29, 1.82) is 0 Å². The summed E-state index contributed by atoms with van der Waals surface area (Å²) in [7, 11) is 0. The van der Waals surface area contributed by atoms with Crippen LogP contribution >= 0.6 is 11.5 Å². The lowest BCUT2D eigenvalue weighted by Gasteiger charge is -2.35. The van der Waals surface area contributed by atoms with Crippen molar-refractivity contribution < 1.29 is 9.13 Å². The van der Waals surface area contributed by atoms with Gasteiger partial charge in [0.1, 0.15) is 10.8 Å². The summed E-state index contributed by atoms with van der Waals surface area (Å²) in [5.41, 5.74) is 1.91. The number of fused-ring (bicyclic) bond motifs is 1. The Bertz CT molecular complexity index is 1030. The van der Waals surface area contributed by atoms with Crippen molar-refractivity contribution >= 4 is 22.4 Å². The molecule has 166 valence electrons. The standard InChI is InChI=1S/C23H30FN5OS/c1-15-10-28(11-16(2)25-15)14-22-26-23(27-31-22)20-13-29(12-17-5-7-30-8-6-17)21-9-18(24)3-4-19(20)21/h3-4,9,13,15-17,25H,5-8,10-12,14H2,1-2H3. The molecule has 3 aromatic rings. The Morgan fingerprint density at radius 1 is 1.19 bits per heavy atom. The summed E-state index contributed by atoms with van der Waals surface area (Å²) in [6.07, 6.45) is 4.20. The van der Waals surface area contributed by atoms with Crippen LogP contribution < -0.4 is 5.32 Å². The van der Waals surface area contributed by atoms with E-state index in [1.165, 1.54) is 17.6 Å². The van der Waals surface area contributed by atoms with Gasteiger partial charge in [0.2, 0.25) is 0 Å². The molecule has 0 saturated carbocycles. The molecule has 0 aliphatic carbocycles. The molecule has 31 heavy (non-hydrogen) atoms. The van der Waals surface area contributed by atoms with Crippen LogP contribution in [-0.2, 0) is 17.8 Å². The van der Waals surface area contributed by atoms with Gasteiger partial charge < -0.3 is 14.6 Å². The van der Waals surface area contributed by atoms with Crippen molar-refractivity contribution in [2.45, 2.75) is 51.9 Å². The maximum absolute atomic E-state index is 14.1. The molecule has 2 aromatic heterocycles. The molecule has 8 heteroatoms. The van der Waals surface area contributed by atoms with Crippen LogP contribution in [0.1, 0.15) is 31.7 Å². The fourth-order valence-corrected chi connectivity index (χ4v) is 5.69. The Balaban J connectivity index is 1.41. The van der Waals surface area contributed by atoms with Gasteiger partial charge in [0.05, 0.1) is 12.1 Å². The molecule has 5 rings (SSSR count). The second kappa shape index (κ2) is 8.94. The van der Waals surface area contributed by atoms with Crippen molar-refractivity contribution in [3.8, 4) is 11.4 Å². The lowest BCUT2D eigenvalue weighted by atomic mass is 10.0. The number of nitrogens with one attached hydrogen (secondary N) is 1. The summed E-state index contributed by atoms with van der Waals surface area (Å²) in [6.45, 7) is 9.80. The summed E-state index contributed by atoms with van der Waals surface area (Å²) in [5, 5.41) is 5.62. The average molecular weight is 444 g/mol. The van der Waals surface area contributed by atoms with Crippen LogP contribution in [0.25, 0.3) is 22.3 Å². The predicted octanol–water partition coefficient (Wildman–Crippen LogP) is 3.91. The maximum Gasteiger partial charge on any atom is 0.175 e. The van der Waals surface area contributed by atoms with E-state index in [1.54, 1.807) is 6.07 Å². The van der Waals surface area contributed by atoms with Gasteiger partial charge in [-0.15, -0.1) is 0 Å². The van der Waals surface area contributed by atoms with E-state index in [9.17, 15) is 4.39 Å². The third kappa shape index (κ3) is 4.67. The van der Waals surface area contributed by atoms with E-state index in [2.05, 4.69) is 39.2 Å². The van der Waals surface area contributed by atoms with E-state index < -0.39 is 0 Å². The minimum Gasteiger partial charge on any atom is -0.381 e. The molecule has 0 bridgehead atoms. The summed E-state index contributed by atoms with van der Waals surface area (Å²) in [4.78, 5) is 7.32. The Morgan fingerprint density at radius 2 is 1.97 bits per heavy atom. The first-order valence-corrected chi connectivity index (χ1v) is 12.0. The highest BCUT2D eigenvalue weighted by Gasteiger charge is 2.23. The van der Waals surface area contributed by atoms with Gasteiger partial charge in [0.25, 0.3) is 0 Å². The normalized spacial score (nSPS) is 23.6. The Morgan fingerprint density at radius 3 is 2.74 bits per heavy atom. The molecule has 1 aromatic carbocycles. The molecular formula is C23H30FN5OS. The van der Waals surface area contributed by atoms with E-state index in [0.29, 0.717) is 18.0 Å². The van der Waals surface area contributed by atoms with E-state index in [-0.39, 0.29) is 5.82 Å². The van der Waals surface area contributed by atoms with Gasteiger partial charge in [-0.05, 0) is 62.3 Å². The zero-order chi connectivity index (χ0) is 21.4. The predicted molar refractivity (Wildman–Crippen MR) is 122 cm³/mol. The Labute approximate surface area is 186 Å². The second-order valence-electron chi connectivity index (χ2n) is 9.09. The van der Waals surface area contributed by atoms with Crippen molar-refractivity contribution in [3.63, 3.8) is 0 Å². The number of ether oxygens (including phenoxy) is 1. The monoisotopic (exact) mass is 443 g/mol. The van der Waals surface area contributed by atoms with Crippen LogP contribution in [0.15, 0.2) is 24.4 Å². The third-order valence-electron chi connectivity index (χ3n) is 6.34. The molecule has 2 atom stereocenters. The fourth-order valence-electron chi connectivity index (χ4n) is 4.99. The van der Waals surface area contributed by atoms with Crippen LogP contribution in [0.4, 0.5) is 4.39 Å². The number of nitrogens with zero attached hydrogens (tertiary/aromatic N) is 4. The molecule has 2 aliphatic rings. The lowest BCUT2D eigenvalue weighted by molar-refractivity contribution is 0.0616. The number of hydrogen-bond donors (Lipinski definition) is 1. The molecule has 2 fully saturated rings. The molecule has 0 amide bonds. The number of rotatable bonds is 5. The quantitative estimate of drug-likeness (QED) is 0.648. The second-order valence-corrected chi connectivity index (χ2v) is 9.92. The zero-order valence-corrected chi connectivity index (χ0v) is 19.0. The van der Waals surface area contributed by atoms with Crippen molar-refractivity contribution in [1.82, 2.24) is 24.1 Å². The average Bonchev–Trinajstić information content (AvgIpc) is 3.33. The minimum absolute atomic E-state index is 0.209. The molecule has 2 aliphatic heterocycles. The highest BCUT2D eigenvalue weighted by Crippen LogP contribution is 2.32. The van der Waals surface area contributed by atoms with Gasteiger partial charge in [-0.1, -0.05) is 0 Å². The van der Waals surface area contributed by atoms with Crippen molar-refractivity contribution in [2.75, 3.05) is 26.3 Å². The van der Waals surface area contributed by atoms with Crippen LogP contribution in [0.3, 0.4) is 0 Å². The molecule has 1 N–H and O–H groups in total. The van der Waals surface area contributed by atoms with Gasteiger partial charge in [-0.3, -0.25) is 4.90 Å². The molecule has 4 heterocycles. The van der Waals surface area contributed by atoms with Gasteiger partial charge in [-0.2, -0.15) is 4.37 Å². The lowest BCUT2D eigenvalue weighted by Crippen LogP contribution is -2.53. The Kier molecular flexibility index (Phi) is 6.05. The van der Waals surface area contributed by atoms with Crippen molar-refractivity contribution in [2.24, 2.45) is 5.92 Å². The number of piperazine rings is 1. The van der Waals surface area contributed by atoms with Crippen LogP contribution in [0.5, 0.6) is 0 Å². The summed E-state index contributed by atoms with van der Waals surface area (Å²) < 4.78 is 26.4. The van der Waals surface area contributed by atoms with Crippen LogP contribution in [-0.4, -0.2) is 57.2 Å². The summed E-state index contributed by atoms with van der Waals surface area (Å²) in [6, 6.07) is 5.99. The van der Waals surface area contributed by atoms with E-state index >= 15 is 0 Å². The highest BCUT2D eigenvalue weighted by molar-refractivity contribution is 7.05. The third-order valence-corrected chi connectivity index (χ3v) is 7.04. The van der Waals surface area contributed by atoms with Gasteiger partial charge >= 0.3 is 0 Å². The molecule has 2 saturated heterocycles. The number of benzene rings is 1. The SMILES string of the molecule is CC1CN(Cc2nc(-c3cn(CC4CCOCC4)c4cc(F)ccc34)ns2)CC(C)N1. The summed E-state index contributed by atoms with van der Waals surface area (Å²) in [5.74, 6) is 1.09. The van der Waals surface area contributed by atoms with Crippen LogP contribution in [0.2, 0.25) is 0 Å². The Hall–Kier alpha value is -1.87. The van der Waals surface area contributed by atoms with Crippen LogP contribution in [0, 0.1) is 11.7 Å². The maximum atomic E-state index is 14.1. The highest BCUT2D eigenvalue weighted by atomic mass is 32.1. The largest absolute Gasteiger partial charge is 0.381 e. The first-order chi connectivity index (χ1) is 15.0. The number of hydrogen-bond acceptors (Lipinski definition) is 6. The zero-order valence-electron chi connectivity index (χ0n) is 18.2. The molecule has 0 radical (unpaired) electrons. The number of aromatic nitrogens is 3. The first-order valence-electron chi connectivity index (χ1n) is 11.2. The van der Waals surface area contributed by atoms with Gasteiger partial charge in [0, 0.05) is 62.1 Å². The topological polar surface area (TPSA) is 55.2 Å². The van der Waals surface area contributed by atoms with Gasteiger partial charge in [-0.25, -0.2) is 9.37 Å². The van der Waals surface area contributed by atoms with Gasteiger partial charge in [0.15, 0.2) is 5.82 Å². The van der Waals surface area contributed by atoms with E-state index in [1.807, 2.05) is 6.07 Å². The summed E-state index contributed by atoms with van der Waals surface area (Å²) >= 11 is 1.47. The van der Waals surface area contributed by atoms with E-state index in [0.717, 1.165) is 79.5 Å². The minimum atomic E-state index is -0.209. The molecular weight excluding hydrogens is 413 g/mol. The molecule has 0 spiro atoms. The van der Waals surface area contributed by atoms with Crippen molar-refractivity contribution in [3.05, 3.63) is 35.2 Å². The number of halogens is 1. The smallest absolute Gasteiger partial charge is 0.175 e. The first kappa shape index (κ1) is 21.0. The molecule has 2 unspecified atom stereocenters.